The third kappa shape index (κ3) is 3.80. The van der Waals surface area contributed by atoms with Crippen molar-refractivity contribution in [2.45, 2.75) is 30.5 Å². The number of carbonyl (C=O) groups excluding carboxylic acids is 2. The molecule has 1 N–H and O–H groups in total. The van der Waals surface area contributed by atoms with E-state index in [0.717, 1.165) is 17.0 Å². The first-order valence-corrected chi connectivity index (χ1v) is 12.2. The molecule has 1 aromatic carbocycles. The van der Waals surface area contributed by atoms with Crippen molar-refractivity contribution >= 4 is 39.0 Å². The molecule has 2 aromatic heterocycles. The lowest BCUT2D eigenvalue weighted by atomic mass is 10.0. The molecule has 8 nitrogen and oxygen atoms in total. The smallest absolute Gasteiger partial charge is 0.340 e. The molecular weight excluding hydrogens is 452 g/mol. The first kappa shape index (κ1) is 22.1. The summed E-state index contributed by atoms with van der Waals surface area (Å²) in [6.07, 6.45) is 1.48. The van der Waals surface area contributed by atoms with Gasteiger partial charge in [-0.3, -0.25) is 4.72 Å². The largest absolute Gasteiger partial charge is 0.465 e. The number of aromatic nitrogens is 1. The number of carbonyl (C=O) groups is 2. The van der Waals surface area contributed by atoms with Gasteiger partial charge in [-0.2, -0.15) is 0 Å². The second-order valence-corrected chi connectivity index (χ2v) is 10.5. The normalized spacial score (nSPS) is 13.0. The number of esters is 2. The highest BCUT2D eigenvalue weighted by atomic mass is 32.2. The molecule has 0 fully saturated rings. The van der Waals surface area contributed by atoms with Crippen molar-refractivity contribution in [1.82, 2.24) is 4.57 Å². The fourth-order valence-corrected chi connectivity index (χ4v) is 6.30. The zero-order valence-corrected chi connectivity index (χ0v) is 19.4. The molecule has 1 aliphatic heterocycles. The number of ether oxygens (including phenoxy) is 2. The summed E-state index contributed by atoms with van der Waals surface area (Å²) in [5.74, 6) is -1.21. The minimum Gasteiger partial charge on any atom is -0.465 e. The third-order valence-corrected chi connectivity index (χ3v) is 8.21. The highest BCUT2D eigenvalue weighted by Crippen LogP contribution is 2.37. The maximum absolute atomic E-state index is 12.6. The Balaban J connectivity index is 1.75. The van der Waals surface area contributed by atoms with Crippen LogP contribution in [0.1, 0.15) is 37.7 Å². The van der Waals surface area contributed by atoms with Crippen LogP contribution in [0.3, 0.4) is 0 Å². The molecule has 0 spiro atoms. The summed E-state index contributed by atoms with van der Waals surface area (Å²) >= 11 is 1.19. The summed E-state index contributed by atoms with van der Waals surface area (Å²) in [6, 6.07) is 10.0. The van der Waals surface area contributed by atoms with Crippen LogP contribution < -0.4 is 4.72 Å². The predicted octanol–water partition coefficient (Wildman–Crippen LogP) is 3.85. The van der Waals surface area contributed by atoms with Crippen LogP contribution in [-0.4, -0.2) is 39.1 Å². The molecule has 1 aliphatic rings. The molecule has 3 aromatic rings. The molecule has 0 bridgehead atoms. The number of rotatable bonds is 6. The third-order valence-electron chi connectivity index (χ3n) is 5.34. The van der Waals surface area contributed by atoms with E-state index in [9.17, 15) is 18.0 Å². The zero-order chi connectivity index (χ0) is 23.0. The van der Waals surface area contributed by atoms with Gasteiger partial charge in [0.2, 0.25) is 0 Å². The number of anilines is 1. The van der Waals surface area contributed by atoms with E-state index in [-0.39, 0.29) is 15.3 Å². The molecule has 0 saturated carbocycles. The van der Waals surface area contributed by atoms with Crippen LogP contribution in [0.2, 0.25) is 0 Å². The van der Waals surface area contributed by atoms with Crippen LogP contribution >= 0.6 is 11.3 Å². The summed E-state index contributed by atoms with van der Waals surface area (Å²) in [7, 11) is -1.15. The fourth-order valence-electron chi connectivity index (χ4n) is 3.96. The standard InChI is InChI=1S/C22H22N2O6S2/c1-13-6-11-17(31-13)32(27,28)23-15-9-7-14(8-10-15)20-19(22(26)30-3)18(21(25)29-2)16-5-4-12-24(16)20/h6-11,23H,4-5,12H2,1-3H3. The highest BCUT2D eigenvalue weighted by Gasteiger charge is 2.34. The van der Waals surface area contributed by atoms with E-state index < -0.39 is 22.0 Å². The molecule has 0 atom stereocenters. The van der Waals surface area contributed by atoms with Crippen LogP contribution in [0, 0.1) is 6.92 Å². The molecule has 0 aliphatic carbocycles. The second kappa shape index (κ2) is 8.44. The van der Waals surface area contributed by atoms with E-state index in [2.05, 4.69) is 4.72 Å². The quantitative estimate of drug-likeness (QED) is 0.545. The van der Waals surface area contributed by atoms with Gasteiger partial charge < -0.3 is 14.0 Å². The average Bonchev–Trinajstić information content (AvgIpc) is 3.48. The van der Waals surface area contributed by atoms with Crippen molar-refractivity contribution in [2.24, 2.45) is 0 Å². The molecule has 4 rings (SSSR count). The number of thiophene rings is 1. The van der Waals surface area contributed by atoms with E-state index in [1.807, 2.05) is 11.5 Å². The summed E-state index contributed by atoms with van der Waals surface area (Å²) in [6.45, 7) is 2.49. The summed E-state index contributed by atoms with van der Waals surface area (Å²) in [5.41, 5.74) is 2.75. The average molecular weight is 475 g/mol. The Morgan fingerprint density at radius 2 is 1.66 bits per heavy atom. The molecule has 168 valence electrons. The van der Waals surface area contributed by atoms with Gasteiger partial charge in [0, 0.05) is 22.8 Å². The lowest BCUT2D eigenvalue weighted by molar-refractivity contribution is 0.0556. The molecule has 32 heavy (non-hydrogen) atoms. The van der Waals surface area contributed by atoms with Gasteiger partial charge >= 0.3 is 11.9 Å². The topological polar surface area (TPSA) is 104 Å². The fraction of sp³-hybridized carbons (Fsp3) is 0.273. The molecular formula is C22H22N2O6S2. The predicted molar refractivity (Wildman–Crippen MR) is 121 cm³/mol. The minimum absolute atomic E-state index is 0.163. The van der Waals surface area contributed by atoms with Gasteiger partial charge in [-0.05, 0) is 49.6 Å². The van der Waals surface area contributed by atoms with Gasteiger partial charge in [-0.25, -0.2) is 18.0 Å². The van der Waals surface area contributed by atoms with Crippen LogP contribution in [0.5, 0.6) is 0 Å². The Bertz CT molecular complexity index is 1300. The number of nitrogens with zero attached hydrogens (tertiary/aromatic N) is 1. The lowest BCUT2D eigenvalue weighted by Gasteiger charge is -2.11. The Kier molecular flexibility index (Phi) is 5.83. The van der Waals surface area contributed by atoms with Crippen LogP contribution in [0.25, 0.3) is 11.3 Å². The van der Waals surface area contributed by atoms with Crippen molar-refractivity contribution in [3.05, 3.63) is 58.1 Å². The minimum atomic E-state index is -3.69. The number of aryl methyl sites for hydroxylation is 1. The van der Waals surface area contributed by atoms with Crippen molar-refractivity contribution in [2.75, 3.05) is 18.9 Å². The molecule has 3 heterocycles. The molecule has 0 saturated heterocycles. The highest BCUT2D eigenvalue weighted by molar-refractivity contribution is 7.94. The van der Waals surface area contributed by atoms with E-state index in [1.165, 1.54) is 25.6 Å². The number of methoxy groups -OCH3 is 2. The first-order valence-electron chi connectivity index (χ1n) is 9.88. The molecule has 10 heteroatoms. The maximum Gasteiger partial charge on any atom is 0.340 e. The van der Waals surface area contributed by atoms with Gasteiger partial charge in [0.25, 0.3) is 10.0 Å². The number of hydrogen-bond acceptors (Lipinski definition) is 7. The zero-order valence-electron chi connectivity index (χ0n) is 17.8. The van der Waals surface area contributed by atoms with Gasteiger partial charge in [0.05, 0.1) is 25.5 Å². The number of fused-ring (bicyclic) bond motifs is 1. The lowest BCUT2D eigenvalue weighted by Crippen LogP contribution is -2.12. The maximum atomic E-state index is 12.6. The monoisotopic (exact) mass is 474 g/mol. The molecule has 0 amide bonds. The Morgan fingerprint density at radius 3 is 2.25 bits per heavy atom. The van der Waals surface area contributed by atoms with Crippen LogP contribution in [-0.2, 0) is 32.5 Å². The Morgan fingerprint density at radius 1 is 1.00 bits per heavy atom. The van der Waals surface area contributed by atoms with Gasteiger partial charge in [0.1, 0.15) is 9.77 Å². The van der Waals surface area contributed by atoms with E-state index in [1.54, 1.807) is 36.4 Å². The van der Waals surface area contributed by atoms with Crippen molar-refractivity contribution in [1.29, 1.82) is 0 Å². The summed E-state index contributed by atoms with van der Waals surface area (Å²) in [4.78, 5) is 26.0. The SMILES string of the molecule is COC(=O)c1c(C(=O)OC)c(-c2ccc(NS(=O)(=O)c3ccc(C)s3)cc2)n2c1CCC2. The van der Waals surface area contributed by atoms with E-state index in [4.69, 9.17) is 9.47 Å². The van der Waals surface area contributed by atoms with Gasteiger partial charge in [-0.15, -0.1) is 11.3 Å². The number of benzene rings is 1. The van der Waals surface area contributed by atoms with Gasteiger partial charge in [-0.1, -0.05) is 12.1 Å². The van der Waals surface area contributed by atoms with Crippen LogP contribution in [0.15, 0.2) is 40.6 Å². The van der Waals surface area contributed by atoms with Gasteiger partial charge in [0.15, 0.2) is 0 Å². The summed E-state index contributed by atoms with van der Waals surface area (Å²) in [5, 5.41) is 0. The number of nitrogens with one attached hydrogen (secondary N) is 1. The first-order chi connectivity index (χ1) is 15.3. The Labute approximate surface area is 189 Å². The number of sulfonamides is 1. The second-order valence-electron chi connectivity index (χ2n) is 7.33. The van der Waals surface area contributed by atoms with E-state index in [0.29, 0.717) is 29.9 Å². The Hall–Kier alpha value is -3.11. The van der Waals surface area contributed by atoms with Crippen LogP contribution in [0.4, 0.5) is 5.69 Å². The number of hydrogen-bond donors (Lipinski definition) is 1. The van der Waals surface area contributed by atoms with Crippen molar-refractivity contribution in [3.8, 4) is 11.3 Å². The summed E-state index contributed by atoms with van der Waals surface area (Å²) < 4.78 is 39.8. The molecule has 0 radical (unpaired) electrons. The molecule has 0 unspecified atom stereocenters. The van der Waals surface area contributed by atoms with Crippen molar-refractivity contribution in [3.63, 3.8) is 0 Å². The van der Waals surface area contributed by atoms with Crippen molar-refractivity contribution < 1.29 is 27.5 Å². The van der Waals surface area contributed by atoms with E-state index >= 15 is 0 Å².